The standard InChI is InChI=1S/C7H14N4/c1-7(2)8-3-4-11-5-9-10-6-11/h5-8H,3-4H2,1-2H3. The highest BCUT2D eigenvalue weighted by molar-refractivity contribution is 4.61. The van der Waals surface area contributed by atoms with Gasteiger partial charge in [-0.25, -0.2) is 0 Å². The lowest BCUT2D eigenvalue weighted by Gasteiger charge is -2.06. The number of hydrogen-bond acceptors (Lipinski definition) is 3. The Morgan fingerprint density at radius 2 is 2.00 bits per heavy atom. The predicted molar refractivity (Wildman–Crippen MR) is 43.2 cm³/mol. The van der Waals surface area contributed by atoms with E-state index in [0.717, 1.165) is 13.1 Å². The van der Waals surface area contributed by atoms with Gasteiger partial charge in [-0.15, -0.1) is 10.2 Å². The van der Waals surface area contributed by atoms with Crippen LogP contribution in [-0.2, 0) is 6.54 Å². The molecule has 0 fully saturated rings. The van der Waals surface area contributed by atoms with Gasteiger partial charge in [0.25, 0.3) is 0 Å². The van der Waals surface area contributed by atoms with Crippen LogP contribution in [0.2, 0.25) is 0 Å². The molecule has 0 radical (unpaired) electrons. The van der Waals surface area contributed by atoms with E-state index in [0.29, 0.717) is 6.04 Å². The highest BCUT2D eigenvalue weighted by atomic mass is 15.2. The molecule has 0 aliphatic rings. The third-order valence-electron chi connectivity index (χ3n) is 1.39. The average Bonchev–Trinajstić information content (AvgIpc) is 2.39. The second-order valence-corrected chi connectivity index (χ2v) is 2.81. The fourth-order valence-corrected chi connectivity index (χ4v) is 0.820. The molecule has 4 heteroatoms. The molecule has 1 aromatic rings. The molecule has 1 heterocycles. The molecule has 0 aliphatic carbocycles. The molecule has 62 valence electrons. The molecule has 0 amide bonds. The fraction of sp³-hybridized carbons (Fsp3) is 0.714. The van der Waals surface area contributed by atoms with Gasteiger partial charge in [-0.1, -0.05) is 13.8 Å². The Labute approximate surface area is 66.6 Å². The molecule has 0 atom stereocenters. The van der Waals surface area contributed by atoms with Crippen molar-refractivity contribution in [3.8, 4) is 0 Å². The normalized spacial score (nSPS) is 10.8. The quantitative estimate of drug-likeness (QED) is 0.677. The average molecular weight is 154 g/mol. The van der Waals surface area contributed by atoms with Crippen molar-refractivity contribution in [1.29, 1.82) is 0 Å². The minimum Gasteiger partial charge on any atom is -0.319 e. The monoisotopic (exact) mass is 154 g/mol. The van der Waals surface area contributed by atoms with Crippen LogP contribution in [0, 0.1) is 0 Å². The van der Waals surface area contributed by atoms with Crippen LogP contribution < -0.4 is 5.32 Å². The van der Waals surface area contributed by atoms with Crippen molar-refractivity contribution in [3.63, 3.8) is 0 Å². The second kappa shape index (κ2) is 4.08. The molecule has 0 unspecified atom stereocenters. The van der Waals surface area contributed by atoms with Gasteiger partial charge in [0.15, 0.2) is 0 Å². The zero-order chi connectivity index (χ0) is 8.10. The minimum absolute atomic E-state index is 0.548. The molecule has 0 saturated carbocycles. The third-order valence-corrected chi connectivity index (χ3v) is 1.39. The van der Waals surface area contributed by atoms with Crippen LogP contribution in [0.1, 0.15) is 13.8 Å². The number of rotatable bonds is 4. The summed E-state index contributed by atoms with van der Waals surface area (Å²) >= 11 is 0. The Morgan fingerprint density at radius 3 is 2.55 bits per heavy atom. The molecule has 0 saturated heterocycles. The zero-order valence-electron chi connectivity index (χ0n) is 6.99. The number of nitrogens with zero attached hydrogens (tertiary/aromatic N) is 3. The first-order valence-electron chi connectivity index (χ1n) is 3.85. The minimum atomic E-state index is 0.548. The molecule has 1 rings (SSSR count). The maximum absolute atomic E-state index is 3.71. The van der Waals surface area contributed by atoms with Crippen LogP contribution in [-0.4, -0.2) is 27.4 Å². The molecule has 1 aromatic heterocycles. The van der Waals surface area contributed by atoms with Crippen LogP contribution >= 0.6 is 0 Å². The Balaban J connectivity index is 2.14. The summed E-state index contributed by atoms with van der Waals surface area (Å²) in [4.78, 5) is 0. The Morgan fingerprint density at radius 1 is 1.36 bits per heavy atom. The Bertz CT molecular complexity index is 180. The highest BCUT2D eigenvalue weighted by Crippen LogP contribution is 1.81. The van der Waals surface area contributed by atoms with E-state index >= 15 is 0 Å². The molecule has 0 aromatic carbocycles. The lowest BCUT2D eigenvalue weighted by atomic mass is 10.4. The zero-order valence-corrected chi connectivity index (χ0v) is 6.99. The third kappa shape index (κ3) is 3.13. The maximum Gasteiger partial charge on any atom is 0.119 e. The topological polar surface area (TPSA) is 42.7 Å². The lowest BCUT2D eigenvalue weighted by molar-refractivity contribution is 0.540. The van der Waals surface area contributed by atoms with Crippen LogP contribution in [0.25, 0.3) is 0 Å². The van der Waals surface area contributed by atoms with E-state index in [-0.39, 0.29) is 0 Å². The number of hydrogen-bond donors (Lipinski definition) is 1. The second-order valence-electron chi connectivity index (χ2n) is 2.81. The van der Waals surface area contributed by atoms with E-state index in [1.807, 2.05) is 4.57 Å². The maximum atomic E-state index is 3.71. The van der Waals surface area contributed by atoms with E-state index < -0.39 is 0 Å². The smallest absolute Gasteiger partial charge is 0.119 e. The van der Waals surface area contributed by atoms with Crippen molar-refractivity contribution in [2.45, 2.75) is 26.4 Å². The van der Waals surface area contributed by atoms with Gasteiger partial charge >= 0.3 is 0 Å². The van der Waals surface area contributed by atoms with E-state index in [2.05, 4.69) is 29.4 Å². The van der Waals surface area contributed by atoms with Crippen LogP contribution in [0.5, 0.6) is 0 Å². The molecule has 1 N–H and O–H groups in total. The predicted octanol–water partition coefficient (Wildman–Crippen LogP) is 0.276. The summed E-state index contributed by atoms with van der Waals surface area (Å²) in [5.74, 6) is 0. The number of nitrogens with one attached hydrogen (secondary N) is 1. The van der Waals surface area contributed by atoms with Crippen LogP contribution in [0.4, 0.5) is 0 Å². The van der Waals surface area contributed by atoms with Gasteiger partial charge < -0.3 is 9.88 Å². The van der Waals surface area contributed by atoms with Crippen molar-refractivity contribution in [2.24, 2.45) is 0 Å². The van der Waals surface area contributed by atoms with Gasteiger partial charge in [-0.05, 0) is 0 Å². The van der Waals surface area contributed by atoms with Crippen molar-refractivity contribution in [3.05, 3.63) is 12.7 Å². The summed E-state index contributed by atoms with van der Waals surface area (Å²) in [7, 11) is 0. The fourth-order valence-electron chi connectivity index (χ4n) is 0.820. The van der Waals surface area contributed by atoms with Crippen molar-refractivity contribution < 1.29 is 0 Å². The summed E-state index contributed by atoms with van der Waals surface area (Å²) < 4.78 is 1.95. The largest absolute Gasteiger partial charge is 0.319 e. The van der Waals surface area contributed by atoms with Crippen molar-refractivity contribution in [1.82, 2.24) is 20.1 Å². The molecule has 0 aliphatic heterocycles. The van der Waals surface area contributed by atoms with E-state index in [4.69, 9.17) is 0 Å². The van der Waals surface area contributed by atoms with E-state index in [1.165, 1.54) is 0 Å². The summed E-state index contributed by atoms with van der Waals surface area (Å²) in [5.41, 5.74) is 0. The molecule has 0 spiro atoms. The molecule has 0 bridgehead atoms. The van der Waals surface area contributed by atoms with E-state index in [1.54, 1.807) is 12.7 Å². The summed E-state index contributed by atoms with van der Waals surface area (Å²) in [6.07, 6.45) is 3.45. The van der Waals surface area contributed by atoms with Gasteiger partial charge in [0.1, 0.15) is 12.7 Å². The van der Waals surface area contributed by atoms with Gasteiger partial charge in [-0.2, -0.15) is 0 Å². The summed E-state index contributed by atoms with van der Waals surface area (Å²) in [6, 6.07) is 0.548. The van der Waals surface area contributed by atoms with Crippen molar-refractivity contribution >= 4 is 0 Å². The molecular weight excluding hydrogens is 140 g/mol. The van der Waals surface area contributed by atoms with Gasteiger partial charge in [0.2, 0.25) is 0 Å². The summed E-state index contributed by atoms with van der Waals surface area (Å²) in [5, 5.41) is 10.7. The number of aromatic nitrogens is 3. The van der Waals surface area contributed by atoms with E-state index in [9.17, 15) is 0 Å². The van der Waals surface area contributed by atoms with Gasteiger partial charge in [0.05, 0.1) is 0 Å². The van der Waals surface area contributed by atoms with Crippen LogP contribution in [0.15, 0.2) is 12.7 Å². The molecule has 4 nitrogen and oxygen atoms in total. The SMILES string of the molecule is CC(C)NCCn1cnnc1. The Kier molecular flexibility index (Phi) is 3.04. The van der Waals surface area contributed by atoms with Gasteiger partial charge in [-0.3, -0.25) is 0 Å². The highest BCUT2D eigenvalue weighted by Gasteiger charge is 1.92. The Hall–Kier alpha value is -0.900. The first-order chi connectivity index (χ1) is 5.29. The summed E-state index contributed by atoms with van der Waals surface area (Å²) in [6.45, 7) is 6.17. The first kappa shape index (κ1) is 8.20. The first-order valence-corrected chi connectivity index (χ1v) is 3.85. The van der Waals surface area contributed by atoms with Crippen LogP contribution in [0.3, 0.4) is 0 Å². The van der Waals surface area contributed by atoms with Gasteiger partial charge in [0, 0.05) is 19.1 Å². The molecule has 11 heavy (non-hydrogen) atoms. The lowest BCUT2D eigenvalue weighted by Crippen LogP contribution is -2.26. The van der Waals surface area contributed by atoms with Crippen molar-refractivity contribution in [2.75, 3.05) is 6.54 Å². The molecular formula is C7H14N4.